The number of phenolic OH excluding ortho intramolecular Hbond substituents is 28. The fourth-order valence-corrected chi connectivity index (χ4v) is 9.23. The van der Waals surface area contributed by atoms with Gasteiger partial charge in [0.2, 0.25) is 74.8 Å². The minimum Gasteiger partial charge on any atom is -0.508 e. The molecule has 0 bridgehead atoms. The third-order valence-corrected chi connectivity index (χ3v) is 13.6. The number of allylic oxidation sites excluding steroid dienone is 1. The predicted molar refractivity (Wildman–Crippen MR) is 286 cm³/mol. The molecule has 464 valence electrons. The Bertz CT molecular complexity index is 4700. The first-order chi connectivity index (χ1) is 41.4. The van der Waals surface area contributed by atoms with Crippen molar-refractivity contribution in [3.63, 3.8) is 0 Å². The van der Waals surface area contributed by atoms with E-state index >= 15 is 0 Å². The summed E-state index contributed by atoms with van der Waals surface area (Å²) in [5.41, 5.74) is -17.6. The summed E-state index contributed by atoms with van der Waals surface area (Å²) in [4.78, 5) is 11.3. The number of furan rings is 1. The normalized spacial score (nSPS) is 12.2. The number of aromatic hydroxyl groups is 28. The van der Waals surface area contributed by atoms with E-state index in [9.17, 15) is 169 Å². The van der Waals surface area contributed by atoms with Gasteiger partial charge in [-0.1, -0.05) is 6.58 Å². The van der Waals surface area contributed by atoms with Crippen molar-refractivity contribution in [2.75, 3.05) is 0 Å². The van der Waals surface area contributed by atoms with Gasteiger partial charge in [-0.2, -0.15) is 0 Å². The monoisotopic (exact) mass is 1250 g/mol. The predicted octanol–water partition coefficient (Wildman–Crippen LogP) is 4.80. The number of aliphatic hydroxyl groups is 5. The van der Waals surface area contributed by atoms with E-state index in [0.717, 1.165) is 0 Å². The maximum Gasteiger partial charge on any atom is 0.208 e. The summed E-state index contributed by atoms with van der Waals surface area (Å²) >= 11 is 0. The van der Waals surface area contributed by atoms with Gasteiger partial charge in [0.25, 0.3) is 0 Å². The average Bonchev–Trinajstić information content (AvgIpc) is 1.63. The average molecular weight is 1250 g/mol. The van der Waals surface area contributed by atoms with Gasteiger partial charge < -0.3 is 173 Å². The molecule has 0 saturated carbocycles. The lowest BCUT2D eigenvalue weighted by Crippen LogP contribution is -2.03. The van der Waals surface area contributed by atoms with Crippen molar-refractivity contribution in [1.29, 1.82) is 0 Å². The molecule has 7 aromatic carbocycles. The van der Waals surface area contributed by atoms with E-state index in [4.69, 9.17) is 4.42 Å². The van der Waals surface area contributed by atoms with E-state index in [1.165, 1.54) is 0 Å². The molecule has 0 amide bonds. The molecule has 0 aliphatic carbocycles. The first-order valence-electron chi connectivity index (χ1n) is 23.4. The van der Waals surface area contributed by atoms with Crippen molar-refractivity contribution in [1.82, 2.24) is 15.0 Å². The van der Waals surface area contributed by atoms with Gasteiger partial charge in [0.05, 0.1) is 44.2 Å². The summed E-state index contributed by atoms with van der Waals surface area (Å²) < 4.78 is 5.84. The van der Waals surface area contributed by atoms with Gasteiger partial charge in [-0.3, -0.25) is 0 Å². The number of aliphatic hydroxyl groups excluding tert-OH is 5. The van der Waals surface area contributed by atoms with Crippen LogP contribution in [0.25, 0.3) is 89.5 Å². The number of hydrogen-bond acceptors (Lipinski definition) is 37. The number of hydrogen-bond donors (Lipinski definition) is 33. The molecule has 0 unspecified atom stereocenters. The van der Waals surface area contributed by atoms with E-state index in [2.05, 4.69) is 21.5 Å². The summed E-state index contributed by atoms with van der Waals surface area (Å²) in [5, 5.41) is 359. The Morgan fingerprint density at radius 1 is 0.247 bits per heavy atom. The molecule has 0 aliphatic heterocycles. The molecular weight excluding hydrogens is 1210 g/mol. The molecular formula is C52H37N3O34. The zero-order chi connectivity index (χ0) is 66.4. The zero-order valence-electron chi connectivity index (χ0n) is 42.9. The second-order valence-electron chi connectivity index (χ2n) is 18.5. The largest absolute Gasteiger partial charge is 0.508 e. The molecule has 89 heavy (non-hydrogen) atoms. The molecule has 0 fully saturated rings. The van der Waals surface area contributed by atoms with Crippen LogP contribution in [0.3, 0.4) is 0 Å². The highest BCUT2D eigenvalue weighted by molar-refractivity contribution is 6.22. The first-order valence-corrected chi connectivity index (χ1v) is 23.4. The smallest absolute Gasteiger partial charge is 0.208 e. The number of nitrogens with zero attached hydrogens (tertiary/aromatic N) is 3. The van der Waals surface area contributed by atoms with Crippen molar-refractivity contribution in [2.24, 2.45) is 0 Å². The lowest BCUT2D eigenvalue weighted by molar-refractivity contribution is 0.243. The lowest BCUT2D eigenvalue weighted by atomic mass is 9.91. The van der Waals surface area contributed by atoms with Crippen LogP contribution in [0.1, 0.15) is 5.56 Å². The maximum absolute atomic E-state index is 12.4. The lowest BCUT2D eigenvalue weighted by Gasteiger charge is -2.19. The van der Waals surface area contributed by atoms with E-state index < -0.39 is 291 Å². The van der Waals surface area contributed by atoms with Gasteiger partial charge in [-0.05, 0) is 0 Å². The standard InChI is InChI=1S/C52H37N3O34/c1-3(56)17(58)36(77)20(61)5(57)2-4-18(59)10(9-27(68)41(82)46(87)42(83)28(9)69)48-12(19(4)60)13-30(71)38(79)29(70)11(49(13)89-48)8-21(62)14(33(74)37(78)26(8)67)50-53-51(55-52(54-50)16-34(75)43(84)47(88)44(85)35(16)76)15-31(72)22(63)6(23(64)32(15)73)7-24(65)39(80)45(86)40(81)25(7)66/h56-88H,1-2H2/b20-5-,36-17-. The van der Waals surface area contributed by atoms with Gasteiger partial charge in [-0.15, -0.1) is 0 Å². The maximum atomic E-state index is 12.4. The van der Waals surface area contributed by atoms with Crippen LogP contribution in [0.2, 0.25) is 0 Å². The number of aromatic nitrogens is 3. The topological polar surface area (TPSA) is 719 Å². The van der Waals surface area contributed by atoms with Crippen molar-refractivity contribution < 1.29 is 173 Å². The summed E-state index contributed by atoms with van der Waals surface area (Å²) in [6.45, 7) is 2.88. The molecule has 0 spiro atoms. The van der Waals surface area contributed by atoms with Crippen molar-refractivity contribution >= 4 is 21.9 Å². The van der Waals surface area contributed by atoms with E-state index in [1.807, 2.05) is 0 Å². The Hall–Kier alpha value is -14.0. The molecule has 0 saturated heterocycles. The minimum absolute atomic E-state index is 1.24. The Labute approximate surface area is 484 Å². The number of phenols is 28. The second kappa shape index (κ2) is 19.8. The number of benzene rings is 7. The third-order valence-electron chi connectivity index (χ3n) is 13.6. The van der Waals surface area contributed by atoms with E-state index in [1.54, 1.807) is 0 Å². The van der Waals surface area contributed by atoms with Crippen LogP contribution in [0.4, 0.5) is 0 Å². The molecule has 37 nitrogen and oxygen atoms in total. The highest BCUT2D eigenvalue weighted by Crippen LogP contribution is 2.67. The Morgan fingerprint density at radius 3 is 0.843 bits per heavy atom. The SMILES string of the molecule is C=C(O)/C(O)=C(O)\C(O)=C(\O)Cc1c(O)c(-c2c(O)c(O)c(O)c(O)c2O)c2oc3c(-c4c(O)c(O)c(O)c(-c5nc(-c6c(O)c(O)c(O)c(O)c6O)nc(-c6c(O)c(O)c(-c7c(O)c(O)c(O)c(O)c7O)c(O)c6O)n5)c4O)c(O)c(O)c(O)c3c2c1O. The fraction of sp³-hybridized carbons (Fsp3) is 0.0192. The van der Waals surface area contributed by atoms with Crippen LogP contribution in [0.5, 0.6) is 161 Å². The van der Waals surface area contributed by atoms with Gasteiger partial charge in [0, 0.05) is 12.0 Å². The summed E-state index contributed by atoms with van der Waals surface area (Å²) in [6, 6.07) is 0. The highest BCUT2D eigenvalue weighted by Gasteiger charge is 2.41. The van der Waals surface area contributed by atoms with Crippen LogP contribution in [0.15, 0.2) is 39.8 Å². The Kier molecular flexibility index (Phi) is 13.3. The van der Waals surface area contributed by atoms with Crippen LogP contribution >= 0.6 is 0 Å². The number of rotatable bonds is 10. The quantitative estimate of drug-likeness (QED) is 0.0378. The van der Waals surface area contributed by atoms with E-state index in [0.29, 0.717) is 0 Å². The van der Waals surface area contributed by atoms with Gasteiger partial charge in [0.15, 0.2) is 121 Å². The van der Waals surface area contributed by atoms with Gasteiger partial charge in [-0.25, -0.2) is 15.0 Å². The van der Waals surface area contributed by atoms with Gasteiger partial charge >= 0.3 is 0 Å². The zero-order valence-corrected chi connectivity index (χ0v) is 42.9. The van der Waals surface area contributed by atoms with Crippen molar-refractivity contribution in [3.05, 3.63) is 40.9 Å². The third kappa shape index (κ3) is 8.06. The van der Waals surface area contributed by atoms with Crippen LogP contribution in [-0.4, -0.2) is 183 Å². The molecule has 2 heterocycles. The Balaban J connectivity index is 1.44. The number of fused-ring (bicyclic) bond motifs is 3. The Morgan fingerprint density at radius 2 is 0.483 bits per heavy atom. The fourth-order valence-electron chi connectivity index (χ4n) is 9.23. The second-order valence-corrected chi connectivity index (χ2v) is 18.5. The summed E-state index contributed by atoms with van der Waals surface area (Å²) in [5.74, 6) is -61.4. The molecule has 33 N–H and O–H groups in total. The molecule has 0 atom stereocenters. The highest BCUT2D eigenvalue weighted by atomic mass is 16.4. The van der Waals surface area contributed by atoms with Crippen molar-refractivity contribution in [3.8, 4) is 229 Å². The van der Waals surface area contributed by atoms with Gasteiger partial charge in [0.1, 0.15) is 39.7 Å². The van der Waals surface area contributed by atoms with Crippen LogP contribution in [-0.2, 0) is 6.42 Å². The first kappa shape index (κ1) is 59.6. The molecule has 0 radical (unpaired) electrons. The van der Waals surface area contributed by atoms with E-state index in [-0.39, 0.29) is 0 Å². The molecule has 0 aliphatic rings. The van der Waals surface area contributed by atoms with Crippen LogP contribution < -0.4 is 0 Å². The molecule has 9 aromatic rings. The van der Waals surface area contributed by atoms with Crippen LogP contribution in [0, 0.1) is 0 Å². The summed E-state index contributed by atoms with van der Waals surface area (Å²) in [7, 11) is 0. The molecule has 2 aromatic heterocycles. The van der Waals surface area contributed by atoms with Crippen molar-refractivity contribution in [2.45, 2.75) is 6.42 Å². The molecule has 9 rings (SSSR count). The minimum atomic E-state index is -1.92. The summed E-state index contributed by atoms with van der Waals surface area (Å²) in [6.07, 6.45) is -1.57. The molecule has 37 heteroatoms.